The van der Waals surface area contributed by atoms with E-state index in [9.17, 15) is 9.18 Å². The van der Waals surface area contributed by atoms with Gasteiger partial charge >= 0.3 is 0 Å². The lowest BCUT2D eigenvalue weighted by molar-refractivity contribution is -0.132. The van der Waals surface area contributed by atoms with Gasteiger partial charge in [-0.1, -0.05) is 0 Å². The molecule has 26 heavy (non-hydrogen) atoms. The number of carbonyl (C=O) groups excluding carboxylic acids is 1. The van der Waals surface area contributed by atoms with Crippen LogP contribution >= 0.6 is 0 Å². The number of nitrogens with zero attached hydrogens (tertiary/aromatic N) is 4. The second kappa shape index (κ2) is 6.74. The van der Waals surface area contributed by atoms with E-state index in [0.29, 0.717) is 18.8 Å². The zero-order valence-electron chi connectivity index (χ0n) is 14.4. The standard InChI is InChI=1S/C19H19FN4O2/c1-23-17-10-21-8-6-16(17)22-19(23)13-7-9-24(11-13)18(25)12-26-15-4-2-14(20)3-5-15/h2-6,8,10,13H,7,9,11-12H2,1H3. The normalized spacial score (nSPS) is 17.0. The zero-order valence-corrected chi connectivity index (χ0v) is 14.4. The van der Waals surface area contributed by atoms with E-state index >= 15 is 0 Å². The second-order valence-electron chi connectivity index (χ2n) is 6.46. The van der Waals surface area contributed by atoms with Gasteiger partial charge in [-0.25, -0.2) is 9.37 Å². The van der Waals surface area contributed by atoms with Crippen molar-refractivity contribution in [2.45, 2.75) is 12.3 Å². The van der Waals surface area contributed by atoms with Crippen LogP contribution in [-0.4, -0.2) is 45.0 Å². The summed E-state index contributed by atoms with van der Waals surface area (Å²) in [6.45, 7) is 1.25. The molecule has 1 saturated heterocycles. The molecule has 3 heterocycles. The SMILES string of the molecule is Cn1c(C2CCN(C(=O)COc3ccc(F)cc3)C2)nc2ccncc21. The molecular weight excluding hydrogens is 335 g/mol. The van der Waals surface area contributed by atoms with Gasteiger partial charge in [-0.3, -0.25) is 9.78 Å². The molecule has 1 atom stereocenters. The van der Waals surface area contributed by atoms with Gasteiger partial charge in [0.05, 0.1) is 17.2 Å². The average molecular weight is 354 g/mol. The maximum absolute atomic E-state index is 12.9. The molecule has 0 N–H and O–H groups in total. The van der Waals surface area contributed by atoms with E-state index in [4.69, 9.17) is 9.72 Å². The summed E-state index contributed by atoms with van der Waals surface area (Å²) in [4.78, 5) is 23.1. The number of benzene rings is 1. The zero-order chi connectivity index (χ0) is 18.1. The third-order valence-electron chi connectivity index (χ3n) is 4.80. The fourth-order valence-corrected chi connectivity index (χ4v) is 3.38. The van der Waals surface area contributed by atoms with E-state index in [0.717, 1.165) is 23.3 Å². The molecule has 0 bridgehead atoms. The molecule has 6 nitrogen and oxygen atoms in total. The van der Waals surface area contributed by atoms with Crippen LogP contribution in [0.5, 0.6) is 5.75 Å². The Balaban J connectivity index is 1.40. The van der Waals surface area contributed by atoms with E-state index < -0.39 is 0 Å². The molecule has 3 aromatic rings. The number of imidazole rings is 1. The van der Waals surface area contributed by atoms with Crippen LogP contribution in [-0.2, 0) is 11.8 Å². The van der Waals surface area contributed by atoms with Gasteiger partial charge in [-0.15, -0.1) is 0 Å². The Morgan fingerprint density at radius 2 is 2.12 bits per heavy atom. The van der Waals surface area contributed by atoms with Crippen LogP contribution in [0, 0.1) is 5.82 Å². The Labute approximate surface area is 150 Å². The van der Waals surface area contributed by atoms with Crippen molar-refractivity contribution < 1.29 is 13.9 Å². The van der Waals surface area contributed by atoms with E-state index in [1.807, 2.05) is 13.1 Å². The van der Waals surface area contributed by atoms with Crippen molar-refractivity contribution in [3.63, 3.8) is 0 Å². The summed E-state index contributed by atoms with van der Waals surface area (Å²) < 4.78 is 20.4. The summed E-state index contributed by atoms with van der Waals surface area (Å²) >= 11 is 0. The second-order valence-corrected chi connectivity index (χ2v) is 6.46. The van der Waals surface area contributed by atoms with Crippen molar-refractivity contribution in [2.24, 2.45) is 7.05 Å². The van der Waals surface area contributed by atoms with Crippen molar-refractivity contribution in [3.8, 4) is 5.75 Å². The highest BCUT2D eigenvalue weighted by atomic mass is 19.1. The van der Waals surface area contributed by atoms with Crippen molar-refractivity contribution in [3.05, 3.63) is 54.4 Å². The highest BCUT2D eigenvalue weighted by molar-refractivity contribution is 5.78. The number of fused-ring (bicyclic) bond motifs is 1. The van der Waals surface area contributed by atoms with Gasteiger partial charge in [0.1, 0.15) is 17.4 Å². The molecule has 1 unspecified atom stereocenters. The monoisotopic (exact) mass is 354 g/mol. The van der Waals surface area contributed by atoms with Crippen molar-refractivity contribution in [2.75, 3.05) is 19.7 Å². The molecule has 0 saturated carbocycles. The van der Waals surface area contributed by atoms with Crippen LogP contribution in [0.1, 0.15) is 18.2 Å². The van der Waals surface area contributed by atoms with E-state index in [1.54, 1.807) is 17.3 Å². The smallest absolute Gasteiger partial charge is 0.260 e. The lowest BCUT2D eigenvalue weighted by Gasteiger charge is -2.17. The Hall–Kier alpha value is -2.96. The summed E-state index contributed by atoms with van der Waals surface area (Å²) in [7, 11) is 1.98. The first-order valence-electron chi connectivity index (χ1n) is 8.54. The summed E-state index contributed by atoms with van der Waals surface area (Å²) in [5.74, 6) is 1.25. The third-order valence-corrected chi connectivity index (χ3v) is 4.80. The van der Waals surface area contributed by atoms with Crippen LogP contribution in [0.2, 0.25) is 0 Å². The highest BCUT2D eigenvalue weighted by Crippen LogP contribution is 2.28. The van der Waals surface area contributed by atoms with Crippen LogP contribution in [0.15, 0.2) is 42.7 Å². The molecule has 1 aliphatic rings. The first-order valence-corrected chi connectivity index (χ1v) is 8.54. The average Bonchev–Trinajstić information content (AvgIpc) is 3.26. The molecule has 1 aliphatic heterocycles. The molecule has 0 aliphatic carbocycles. The molecule has 134 valence electrons. The first kappa shape index (κ1) is 16.5. The minimum Gasteiger partial charge on any atom is -0.484 e. The Kier molecular flexibility index (Phi) is 4.28. The van der Waals surface area contributed by atoms with Gasteiger partial charge in [-0.2, -0.15) is 0 Å². The Morgan fingerprint density at radius 3 is 2.88 bits per heavy atom. The number of hydrogen-bond acceptors (Lipinski definition) is 4. The van der Waals surface area contributed by atoms with Gasteiger partial charge in [0.15, 0.2) is 6.61 Å². The molecule has 0 spiro atoms. The summed E-state index contributed by atoms with van der Waals surface area (Å²) in [6, 6.07) is 7.55. The summed E-state index contributed by atoms with van der Waals surface area (Å²) in [6.07, 6.45) is 4.41. The summed E-state index contributed by atoms with van der Waals surface area (Å²) in [5, 5.41) is 0. The van der Waals surface area contributed by atoms with Gasteiger partial charge in [0, 0.05) is 32.3 Å². The van der Waals surface area contributed by atoms with Crippen molar-refractivity contribution in [1.82, 2.24) is 19.4 Å². The predicted molar refractivity (Wildman–Crippen MR) is 94.3 cm³/mol. The predicted octanol–water partition coefficient (Wildman–Crippen LogP) is 2.50. The molecule has 1 fully saturated rings. The molecule has 7 heteroatoms. The Bertz CT molecular complexity index is 938. The number of halogens is 1. The molecule has 1 amide bonds. The molecule has 4 rings (SSSR count). The van der Waals surface area contributed by atoms with Gasteiger partial charge in [0.2, 0.25) is 0 Å². The van der Waals surface area contributed by atoms with E-state index in [1.165, 1.54) is 24.3 Å². The lowest BCUT2D eigenvalue weighted by atomic mass is 10.1. The van der Waals surface area contributed by atoms with Crippen LogP contribution in [0.3, 0.4) is 0 Å². The molecule has 1 aromatic carbocycles. The number of likely N-dealkylation sites (tertiary alicyclic amines) is 1. The van der Waals surface area contributed by atoms with E-state index in [-0.39, 0.29) is 24.2 Å². The molecular formula is C19H19FN4O2. The van der Waals surface area contributed by atoms with Crippen LogP contribution in [0.25, 0.3) is 11.0 Å². The number of pyridine rings is 1. The minimum atomic E-state index is -0.330. The number of aromatic nitrogens is 3. The molecule has 0 radical (unpaired) electrons. The van der Waals surface area contributed by atoms with E-state index in [2.05, 4.69) is 9.55 Å². The van der Waals surface area contributed by atoms with Crippen LogP contribution < -0.4 is 4.74 Å². The third kappa shape index (κ3) is 3.12. The van der Waals surface area contributed by atoms with Gasteiger partial charge in [0.25, 0.3) is 5.91 Å². The topological polar surface area (TPSA) is 60.2 Å². The largest absolute Gasteiger partial charge is 0.484 e. The minimum absolute atomic E-state index is 0.0508. The number of amides is 1. The van der Waals surface area contributed by atoms with Gasteiger partial charge in [-0.05, 0) is 36.8 Å². The van der Waals surface area contributed by atoms with Gasteiger partial charge < -0.3 is 14.2 Å². The fraction of sp³-hybridized carbons (Fsp3) is 0.316. The number of hydrogen-bond donors (Lipinski definition) is 0. The highest BCUT2D eigenvalue weighted by Gasteiger charge is 2.30. The van der Waals surface area contributed by atoms with Crippen molar-refractivity contribution >= 4 is 16.9 Å². The first-order chi connectivity index (χ1) is 12.6. The number of ether oxygens (including phenoxy) is 1. The van der Waals surface area contributed by atoms with Crippen LogP contribution in [0.4, 0.5) is 4.39 Å². The maximum atomic E-state index is 12.9. The summed E-state index contributed by atoms with van der Waals surface area (Å²) in [5.41, 5.74) is 1.91. The number of carbonyl (C=O) groups is 1. The quantitative estimate of drug-likeness (QED) is 0.722. The Morgan fingerprint density at radius 1 is 1.31 bits per heavy atom. The lowest BCUT2D eigenvalue weighted by Crippen LogP contribution is -2.33. The van der Waals surface area contributed by atoms with Crippen molar-refractivity contribution in [1.29, 1.82) is 0 Å². The number of rotatable bonds is 4. The fourth-order valence-electron chi connectivity index (χ4n) is 3.38. The maximum Gasteiger partial charge on any atom is 0.260 e. The molecule has 2 aromatic heterocycles. The number of aryl methyl sites for hydroxylation is 1.